The number of fused-ring (bicyclic) bond motifs is 2. The first-order valence-electron chi connectivity index (χ1n) is 7.54. The number of aryl methyl sites for hydroxylation is 1. The highest BCUT2D eigenvalue weighted by Gasteiger charge is 2.11. The summed E-state index contributed by atoms with van der Waals surface area (Å²) >= 11 is 12.4. The predicted molar refractivity (Wildman–Crippen MR) is 100 cm³/mol. The molecule has 126 valence electrons. The first kappa shape index (κ1) is 15.9. The van der Waals surface area contributed by atoms with Crippen LogP contribution in [-0.4, -0.2) is 19.7 Å². The van der Waals surface area contributed by atoms with Gasteiger partial charge in [-0.25, -0.2) is 4.98 Å². The van der Waals surface area contributed by atoms with E-state index in [2.05, 4.69) is 20.4 Å². The Kier molecular flexibility index (Phi) is 3.86. The van der Waals surface area contributed by atoms with Crippen LogP contribution in [0.15, 0.2) is 41.5 Å². The number of aromatic nitrogens is 4. The van der Waals surface area contributed by atoms with Crippen molar-refractivity contribution in [1.29, 1.82) is 0 Å². The minimum absolute atomic E-state index is 0.158. The fourth-order valence-electron chi connectivity index (χ4n) is 2.73. The van der Waals surface area contributed by atoms with E-state index in [1.807, 2.05) is 12.1 Å². The number of nitrogens with one attached hydrogen (secondary N) is 2. The van der Waals surface area contributed by atoms with Gasteiger partial charge in [0.15, 0.2) is 5.65 Å². The number of hydrogen-bond donors (Lipinski definition) is 2. The lowest BCUT2D eigenvalue weighted by molar-refractivity contribution is 0.786. The van der Waals surface area contributed by atoms with E-state index in [0.717, 1.165) is 16.3 Å². The fourth-order valence-corrected chi connectivity index (χ4v) is 3.16. The zero-order valence-electron chi connectivity index (χ0n) is 13.2. The van der Waals surface area contributed by atoms with Crippen molar-refractivity contribution in [1.82, 2.24) is 19.7 Å². The van der Waals surface area contributed by atoms with Gasteiger partial charge in [-0.05, 0) is 24.3 Å². The molecule has 3 heterocycles. The Morgan fingerprint density at radius 2 is 2.08 bits per heavy atom. The lowest BCUT2D eigenvalue weighted by atomic mass is 10.1. The van der Waals surface area contributed by atoms with Gasteiger partial charge in [0.05, 0.1) is 28.5 Å². The Balaban J connectivity index is 1.67. The van der Waals surface area contributed by atoms with E-state index in [1.165, 1.54) is 0 Å². The minimum Gasteiger partial charge on any atom is -0.378 e. The topological polar surface area (TPSA) is 75.6 Å². The third-order valence-corrected chi connectivity index (χ3v) is 4.69. The highest BCUT2D eigenvalue weighted by atomic mass is 35.5. The van der Waals surface area contributed by atoms with Crippen molar-refractivity contribution in [2.24, 2.45) is 7.05 Å². The second-order valence-electron chi connectivity index (χ2n) is 5.70. The van der Waals surface area contributed by atoms with Gasteiger partial charge in [0.2, 0.25) is 0 Å². The summed E-state index contributed by atoms with van der Waals surface area (Å²) in [6, 6.07) is 7.16. The Morgan fingerprint density at radius 3 is 2.92 bits per heavy atom. The van der Waals surface area contributed by atoms with Crippen molar-refractivity contribution in [2.45, 2.75) is 6.54 Å². The van der Waals surface area contributed by atoms with E-state index < -0.39 is 0 Å². The smallest absolute Gasteiger partial charge is 0.253 e. The SMILES string of the molecule is Cn1ncc2c(Cl)c(NCc3cc4cc(Cl)ccc4[nH]c3=O)cnc21. The van der Waals surface area contributed by atoms with E-state index in [-0.39, 0.29) is 5.56 Å². The van der Waals surface area contributed by atoms with Gasteiger partial charge in [0.25, 0.3) is 5.56 Å². The van der Waals surface area contributed by atoms with Crippen LogP contribution in [0.5, 0.6) is 0 Å². The molecule has 4 rings (SSSR count). The van der Waals surface area contributed by atoms with Gasteiger partial charge in [-0.2, -0.15) is 5.10 Å². The number of halogens is 2. The van der Waals surface area contributed by atoms with E-state index >= 15 is 0 Å². The van der Waals surface area contributed by atoms with Gasteiger partial charge in [0, 0.05) is 35.1 Å². The molecule has 0 unspecified atom stereocenters. The van der Waals surface area contributed by atoms with Crippen LogP contribution in [-0.2, 0) is 13.6 Å². The summed E-state index contributed by atoms with van der Waals surface area (Å²) in [7, 11) is 1.80. The summed E-state index contributed by atoms with van der Waals surface area (Å²) < 4.78 is 1.66. The fraction of sp³-hybridized carbons (Fsp3) is 0.118. The first-order valence-corrected chi connectivity index (χ1v) is 8.30. The molecule has 4 aromatic rings. The second-order valence-corrected chi connectivity index (χ2v) is 6.51. The van der Waals surface area contributed by atoms with Gasteiger partial charge in [-0.15, -0.1) is 0 Å². The van der Waals surface area contributed by atoms with Crippen molar-refractivity contribution in [2.75, 3.05) is 5.32 Å². The molecule has 0 radical (unpaired) electrons. The number of H-pyrrole nitrogens is 1. The van der Waals surface area contributed by atoms with Crippen LogP contribution >= 0.6 is 23.2 Å². The predicted octanol–water partition coefficient (Wildman–Crippen LogP) is 3.73. The van der Waals surface area contributed by atoms with Crippen LogP contribution < -0.4 is 10.9 Å². The number of rotatable bonds is 3. The molecule has 0 fully saturated rings. The Bertz CT molecular complexity index is 1170. The van der Waals surface area contributed by atoms with Crippen molar-refractivity contribution in [3.8, 4) is 0 Å². The molecular formula is C17H13Cl2N5O. The number of nitrogens with zero attached hydrogens (tertiary/aromatic N) is 3. The van der Waals surface area contributed by atoms with Gasteiger partial charge in [-0.1, -0.05) is 23.2 Å². The Labute approximate surface area is 152 Å². The van der Waals surface area contributed by atoms with E-state index in [9.17, 15) is 4.79 Å². The number of pyridine rings is 2. The summed E-state index contributed by atoms with van der Waals surface area (Å²) in [4.78, 5) is 19.5. The summed E-state index contributed by atoms with van der Waals surface area (Å²) in [5.41, 5.74) is 2.52. The minimum atomic E-state index is -0.158. The number of benzene rings is 1. The van der Waals surface area contributed by atoms with Crippen LogP contribution in [0.2, 0.25) is 10.0 Å². The van der Waals surface area contributed by atoms with Gasteiger partial charge in [0.1, 0.15) is 0 Å². The molecule has 0 atom stereocenters. The van der Waals surface area contributed by atoms with Crippen LogP contribution in [0.1, 0.15) is 5.56 Å². The molecule has 0 amide bonds. The van der Waals surface area contributed by atoms with E-state index in [4.69, 9.17) is 23.2 Å². The Hall–Kier alpha value is -2.57. The largest absolute Gasteiger partial charge is 0.378 e. The van der Waals surface area contributed by atoms with Crippen LogP contribution in [0.3, 0.4) is 0 Å². The molecule has 0 saturated heterocycles. The lowest BCUT2D eigenvalue weighted by Gasteiger charge is -2.09. The monoisotopic (exact) mass is 373 g/mol. The van der Waals surface area contributed by atoms with Crippen molar-refractivity contribution in [3.63, 3.8) is 0 Å². The van der Waals surface area contributed by atoms with E-state index in [0.29, 0.717) is 33.5 Å². The number of anilines is 1. The molecule has 0 aliphatic carbocycles. The van der Waals surface area contributed by atoms with E-state index in [1.54, 1.807) is 36.3 Å². The highest BCUT2D eigenvalue weighted by Crippen LogP contribution is 2.29. The molecule has 0 bridgehead atoms. The number of aromatic amines is 1. The quantitative estimate of drug-likeness (QED) is 0.573. The molecule has 0 saturated carbocycles. The normalized spacial score (nSPS) is 11.3. The van der Waals surface area contributed by atoms with Gasteiger partial charge >= 0.3 is 0 Å². The van der Waals surface area contributed by atoms with Crippen molar-refractivity contribution in [3.05, 3.63) is 62.6 Å². The molecule has 0 aliphatic heterocycles. The van der Waals surface area contributed by atoms with Crippen molar-refractivity contribution >= 4 is 50.8 Å². The summed E-state index contributed by atoms with van der Waals surface area (Å²) in [6.45, 7) is 0.310. The lowest BCUT2D eigenvalue weighted by Crippen LogP contribution is -2.15. The molecule has 1 aromatic carbocycles. The van der Waals surface area contributed by atoms with Crippen LogP contribution in [0, 0.1) is 0 Å². The van der Waals surface area contributed by atoms with Gasteiger partial charge in [-0.3, -0.25) is 9.48 Å². The molecule has 25 heavy (non-hydrogen) atoms. The first-order chi connectivity index (χ1) is 12.0. The van der Waals surface area contributed by atoms with Gasteiger partial charge < -0.3 is 10.3 Å². The number of hydrogen-bond acceptors (Lipinski definition) is 4. The van der Waals surface area contributed by atoms with Crippen LogP contribution in [0.4, 0.5) is 5.69 Å². The maximum Gasteiger partial charge on any atom is 0.253 e. The molecule has 0 spiro atoms. The average Bonchev–Trinajstić information content (AvgIpc) is 2.97. The molecular weight excluding hydrogens is 361 g/mol. The maximum absolute atomic E-state index is 12.2. The highest BCUT2D eigenvalue weighted by molar-refractivity contribution is 6.37. The summed E-state index contributed by atoms with van der Waals surface area (Å²) in [6.07, 6.45) is 3.30. The zero-order valence-corrected chi connectivity index (χ0v) is 14.7. The summed E-state index contributed by atoms with van der Waals surface area (Å²) in [5, 5.41) is 10.1. The van der Waals surface area contributed by atoms with Crippen molar-refractivity contribution < 1.29 is 0 Å². The molecule has 6 nitrogen and oxygen atoms in total. The maximum atomic E-state index is 12.2. The molecule has 3 aromatic heterocycles. The Morgan fingerprint density at radius 1 is 1.24 bits per heavy atom. The third kappa shape index (κ3) is 2.83. The zero-order chi connectivity index (χ0) is 17.6. The third-order valence-electron chi connectivity index (χ3n) is 4.05. The molecule has 2 N–H and O–H groups in total. The molecule has 0 aliphatic rings. The molecule has 8 heteroatoms. The summed E-state index contributed by atoms with van der Waals surface area (Å²) in [5.74, 6) is 0. The standard InChI is InChI=1S/C17H13Cl2N5O/c1-24-16-12(7-22-24)15(19)14(8-21-16)20-6-10-4-9-5-11(18)2-3-13(9)23-17(10)25/h2-5,7-8,20H,6H2,1H3,(H,23,25). The van der Waals surface area contributed by atoms with Crippen LogP contribution in [0.25, 0.3) is 21.9 Å². The average molecular weight is 374 g/mol. The second kappa shape index (κ2) is 6.06.